The van der Waals surface area contributed by atoms with Gasteiger partial charge in [0.1, 0.15) is 11.3 Å². The highest BCUT2D eigenvalue weighted by atomic mass is 16.4. The third-order valence-corrected chi connectivity index (χ3v) is 6.14. The highest BCUT2D eigenvalue weighted by Crippen LogP contribution is 2.30. The van der Waals surface area contributed by atoms with E-state index in [0.29, 0.717) is 22.2 Å². The summed E-state index contributed by atoms with van der Waals surface area (Å²) in [7, 11) is 0. The predicted octanol–water partition coefficient (Wildman–Crippen LogP) is 4.53. The summed E-state index contributed by atoms with van der Waals surface area (Å²) >= 11 is 0. The number of aromatic hydroxyl groups is 1. The van der Waals surface area contributed by atoms with Crippen molar-refractivity contribution in [3.05, 3.63) is 63.5 Å². The fourth-order valence-corrected chi connectivity index (χ4v) is 4.25. The van der Waals surface area contributed by atoms with E-state index in [1.165, 1.54) is 12.8 Å². The van der Waals surface area contributed by atoms with E-state index in [0.717, 1.165) is 30.3 Å². The minimum absolute atomic E-state index is 0.0422. The minimum Gasteiger partial charge on any atom is -0.507 e. The van der Waals surface area contributed by atoms with E-state index in [9.17, 15) is 14.7 Å². The van der Waals surface area contributed by atoms with Crippen LogP contribution in [0.2, 0.25) is 0 Å². The second-order valence-electron chi connectivity index (χ2n) is 8.59. The maximum atomic E-state index is 12.6. The molecule has 2 N–H and O–H groups in total. The van der Waals surface area contributed by atoms with Crippen molar-refractivity contribution in [1.82, 2.24) is 0 Å². The van der Waals surface area contributed by atoms with Crippen LogP contribution in [0.25, 0.3) is 11.0 Å². The third kappa shape index (κ3) is 4.43. The number of hydrogen-bond acceptors (Lipinski definition) is 5. The van der Waals surface area contributed by atoms with Crippen LogP contribution in [0.15, 0.2) is 45.6 Å². The molecule has 3 aromatic rings. The highest BCUT2D eigenvalue weighted by Gasteiger charge is 2.18. The number of piperidine rings is 1. The van der Waals surface area contributed by atoms with Crippen molar-refractivity contribution in [3.63, 3.8) is 0 Å². The van der Waals surface area contributed by atoms with Gasteiger partial charge in [0.2, 0.25) is 5.91 Å². The summed E-state index contributed by atoms with van der Waals surface area (Å²) in [5, 5.41) is 13.6. The lowest BCUT2D eigenvalue weighted by Gasteiger charge is -2.32. The molecule has 6 heteroatoms. The molecule has 0 atom stereocenters. The molecular weight excluding hydrogens is 392 g/mol. The Labute approximate surface area is 181 Å². The molecule has 0 saturated carbocycles. The Morgan fingerprint density at radius 2 is 1.84 bits per heavy atom. The summed E-state index contributed by atoms with van der Waals surface area (Å²) < 4.78 is 5.38. The van der Waals surface area contributed by atoms with Gasteiger partial charge in [0.05, 0.1) is 17.4 Å². The lowest BCUT2D eigenvalue weighted by atomic mass is 9.99. The summed E-state index contributed by atoms with van der Waals surface area (Å²) in [6.07, 6.45) is 2.27. The van der Waals surface area contributed by atoms with Crippen molar-refractivity contribution in [2.24, 2.45) is 5.92 Å². The zero-order valence-electron chi connectivity index (χ0n) is 18.2. The topological polar surface area (TPSA) is 82.8 Å². The van der Waals surface area contributed by atoms with Crippen molar-refractivity contribution in [2.45, 2.75) is 40.0 Å². The van der Waals surface area contributed by atoms with Gasteiger partial charge in [0, 0.05) is 24.5 Å². The van der Waals surface area contributed by atoms with Gasteiger partial charge in [-0.05, 0) is 80.1 Å². The number of fused-ring (bicyclic) bond motifs is 1. The molecule has 1 aromatic heterocycles. The normalized spacial score (nSPS) is 14.7. The van der Waals surface area contributed by atoms with Crippen LogP contribution in [-0.4, -0.2) is 24.1 Å². The van der Waals surface area contributed by atoms with E-state index < -0.39 is 5.63 Å². The van der Waals surface area contributed by atoms with Crippen molar-refractivity contribution in [3.8, 4) is 5.75 Å². The van der Waals surface area contributed by atoms with Crippen LogP contribution < -0.4 is 15.8 Å². The van der Waals surface area contributed by atoms with Crippen molar-refractivity contribution in [2.75, 3.05) is 23.3 Å². The monoisotopic (exact) mass is 420 g/mol. The van der Waals surface area contributed by atoms with Gasteiger partial charge in [0.15, 0.2) is 0 Å². The molecule has 0 unspecified atom stereocenters. The number of nitrogens with zero attached hydrogens (tertiary/aromatic N) is 1. The number of nitrogens with one attached hydrogen (secondary N) is 1. The molecule has 1 amide bonds. The summed E-state index contributed by atoms with van der Waals surface area (Å²) in [6, 6.07) is 11.1. The van der Waals surface area contributed by atoms with Crippen LogP contribution in [0, 0.1) is 19.8 Å². The number of carbonyl (C=O) groups excluding carboxylic acids is 1. The molecule has 0 spiro atoms. The fourth-order valence-electron chi connectivity index (χ4n) is 4.25. The van der Waals surface area contributed by atoms with E-state index in [4.69, 9.17) is 4.42 Å². The number of hydrogen-bond donors (Lipinski definition) is 2. The molecular formula is C25H28N2O4. The first kappa shape index (κ1) is 21.0. The largest absolute Gasteiger partial charge is 0.507 e. The minimum atomic E-state index is -0.556. The molecule has 1 aliphatic heterocycles. The zero-order valence-corrected chi connectivity index (χ0v) is 18.2. The average Bonchev–Trinajstić information content (AvgIpc) is 2.71. The van der Waals surface area contributed by atoms with Gasteiger partial charge in [-0.1, -0.05) is 6.92 Å². The molecule has 1 saturated heterocycles. The first-order valence-electron chi connectivity index (χ1n) is 10.7. The van der Waals surface area contributed by atoms with Crippen molar-refractivity contribution < 1.29 is 14.3 Å². The maximum Gasteiger partial charge on any atom is 0.340 e. The van der Waals surface area contributed by atoms with Crippen molar-refractivity contribution in [1.29, 1.82) is 0 Å². The highest BCUT2D eigenvalue weighted by molar-refractivity contribution is 5.94. The molecule has 1 fully saturated rings. The predicted molar refractivity (Wildman–Crippen MR) is 123 cm³/mol. The Morgan fingerprint density at radius 3 is 2.52 bits per heavy atom. The standard InChI is InChI=1S/C25H28N2O4/c1-15-8-10-27(11-9-15)19-6-4-18(5-7-19)26-23(29)14-20-17(3)24-21(28)12-16(2)13-22(24)31-25(20)30/h4-7,12-13,15,28H,8-11,14H2,1-3H3,(H,26,29). The Balaban J connectivity index is 1.49. The first-order valence-corrected chi connectivity index (χ1v) is 10.7. The fraction of sp³-hybridized carbons (Fsp3) is 0.360. The molecule has 31 heavy (non-hydrogen) atoms. The lowest BCUT2D eigenvalue weighted by molar-refractivity contribution is -0.115. The third-order valence-electron chi connectivity index (χ3n) is 6.14. The lowest BCUT2D eigenvalue weighted by Crippen LogP contribution is -2.32. The molecule has 2 aromatic carbocycles. The number of benzene rings is 2. The SMILES string of the molecule is Cc1cc(O)c2c(C)c(CC(=O)Nc3ccc(N4CCC(C)CC4)cc3)c(=O)oc2c1. The molecule has 162 valence electrons. The second kappa shape index (κ2) is 8.46. The number of aryl methyl sites for hydroxylation is 2. The van der Waals surface area contributed by atoms with Crippen LogP contribution in [0.3, 0.4) is 0 Å². The van der Waals surface area contributed by atoms with Crippen LogP contribution in [0.1, 0.15) is 36.5 Å². The number of rotatable bonds is 4. The van der Waals surface area contributed by atoms with Gasteiger partial charge in [-0.2, -0.15) is 0 Å². The van der Waals surface area contributed by atoms with Gasteiger partial charge in [-0.25, -0.2) is 4.79 Å². The molecule has 0 bridgehead atoms. The number of phenolic OH excluding ortho intramolecular Hbond substituents is 1. The second-order valence-corrected chi connectivity index (χ2v) is 8.59. The maximum absolute atomic E-state index is 12.6. The van der Waals surface area contributed by atoms with Crippen LogP contribution in [0.5, 0.6) is 5.75 Å². The smallest absolute Gasteiger partial charge is 0.340 e. The first-order chi connectivity index (χ1) is 14.8. The molecule has 0 aliphatic carbocycles. The van der Waals surface area contributed by atoms with Gasteiger partial charge < -0.3 is 19.7 Å². The Morgan fingerprint density at radius 1 is 1.16 bits per heavy atom. The summed E-state index contributed by atoms with van der Waals surface area (Å²) in [6.45, 7) is 7.93. The van der Waals surface area contributed by atoms with E-state index in [-0.39, 0.29) is 23.6 Å². The Kier molecular flexibility index (Phi) is 5.72. The number of phenols is 1. The average molecular weight is 421 g/mol. The number of carbonyl (C=O) groups is 1. The van der Waals surface area contributed by atoms with Gasteiger partial charge in [-0.3, -0.25) is 4.79 Å². The Hall–Kier alpha value is -3.28. The molecule has 4 rings (SSSR count). The summed E-state index contributed by atoms with van der Waals surface area (Å²) in [5.74, 6) is 0.512. The van der Waals surface area contributed by atoms with Gasteiger partial charge >= 0.3 is 5.63 Å². The van der Waals surface area contributed by atoms with Crippen LogP contribution in [-0.2, 0) is 11.2 Å². The van der Waals surface area contributed by atoms with Crippen molar-refractivity contribution >= 4 is 28.3 Å². The molecule has 2 heterocycles. The van der Waals surface area contributed by atoms with Crippen LogP contribution >= 0.6 is 0 Å². The van der Waals surface area contributed by atoms with E-state index in [1.807, 2.05) is 31.2 Å². The quantitative estimate of drug-likeness (QED) is 0.606. The molecule has 0 radical (unpaired) electrons. The zero-order chi connectivity index (χ0) is 22.1. The Bertz CT molecular complexity index is 1170. The van der Waals surface area contributed by atoms with E-state index in [2.05, 4.69) is 17.1 Å². The van der Waals surface area contributed by atoms with Gasteiger partial charge in [-0.15, -0.1) is 0 Å². The number of amides is 1. The molecule has 1 aliphatic rings. The van der Waals surface area contributed by atoms with E-state index in [1.54, 1.807) is 19.1 Å². The summed E-state index contributed by atoms with van der Waals surface area (Å²) in [4.78, 5) is 27.5. The van der Waals surface area contributed by atoms with E-state index >= 15 is 0 Å². The van der Waals surface area contributed by atoms with Crippen LogP contribution in [0.4, 0.5) is 11.4 Å². The van der Waals surface area contributed by atoms with Gasteiger partial charge in [0.25, 0.3) is 0 Å². The molecule has 6 nitrogen and oxygen atoms in total. The summed E-state index contributed by atoms with van der Waals surface area (Å²) in [5.41, 5.74) is 3.21. The number of anilines is 2.